The van der Waals surface area contributed by atoms with Gasteiger partial charge in [0.25, 0.3) is 5.69 Å². The SMILES string of the molecule is CC(C)C[C@H](NC(=O)[C@H](Cc1ccccc1)NC(=O)CN)C(=O)NCC(=O)Oc1ccc([N+](=O)[O-])cc1. The molecular weight excluding hydrogens is 482 g/mol. The van der Waals surface area contributed by atoms with E-state index in [2.05, 4.69) is 16.0 Å². The maximum absolute atomic E-state index is 13.1. The molecule has 0 aliphatic carbocycles. The van der Waals surface area contributed by atoms with Crippen LogP contribution in [-0.2, 0) is 25.6 Å². The van der Waals surface area contributed by atoms with E-state index in [0.717, 1.165) is 5.56 Å². The zero-order valence-electron chi connectivity index (χ0n) is 20.6. The summed E-state index contributed by atoms with van der Waals surface area (Å²) in [5, 5.41) is 18.4. The molecule has 0 saturated heterocycles. The van der Waals surface area contributed by atoms with Crippen LogP contribution in [0.15, 0.2) is 54.6 Å². The highest BCUT2D eigenvalue weighted by Crippen LogP contribution is 2.17. The molecule has 2 atom stereocenters. The number of nitrogens with zero attached hydrogens (tertiary/aromatic N) is 1. The Labute approximate surface area is 214 Å². The smallest absolute Gasteiger partial charge is 0.330 e. The Morgan fingerprint density at radius 2 is 1.59 bits per heavy atom. The summed E-state index contributed by atoms with van der Waals surface area (Å²) in [5.41, 5.74) is 6.04. The number of nitrogens with two attached hydrogens (primary N) is 1. The van der Waals surface area contributed by atoms with Gasteiger partial charge in [-0.2, -0.15) is 0 Å². The summed E-state index contributed by atoms with van der Waals surface area (Å²) in [4.78, 5) is 60.1. The van der Waals surface area contributed by atoms with Gasteiger partial charge in [0.2, 0.25) is 17.7 Å². The number of hydrogen-bond acceptors (Lipinski definition) is 8. The van der Waals surface area contributed by atoms with E-state index in [0.29, 0.717) is 0 Å². The van der Waals surface area contributed by atoms with E-state index in [1.807, 2.05) is 32.0 Å². The number of nitro groups is 1. The standard InChI is InChI=1S/C25H31N5O7/c1-16(2)12-20(24(33)27-15-23(32)37-19-10-8-18(9-11-19)30(35)36)29-25(34)21(28-22(31)14-26)13-17-6-4-3-5-7-17/h3-11,16,20-21H,12-15,26H2,1-2H3,(H,27,33)(H,28,31)(H,29,34)/t20-,21-/m0/s1. The first-order valence-corrected chi connectivity index (χ1v) is 11.7. The topological polar surface area (TPSA) is 183 Å². The fraction of sp³-hybridized carbons (Fsp3) is 0.360. The van der Waals surface area contributed by atoms with Crippen LogP contribution in [0, 0.1) is 16.0 Å². The minimum absolute atomic E-state index is 0.0225. The Bertz CT molecular complexity index is 1090. The van der Waals surface area contributed by atoms with Gasteiger partial charge >= 0.3 is 5.97 Å². The quantitative estimate of drug-likeness (QED) is 0.131. The van der Waals surface area contributed by atoms with Crippen molar-refractivity contribution in [1.82, 2.24) is 16.0 Å². The molecule has 2 aromatic carbocycles. The zero-order chi connectivity index (χ0) is 27.4. The number of nitrogens with one attached hydrogen (secondary N) is 3. The Balaban J connectivity index is 2.02. The number of esters is 1. The third-order valence-corrected chi connectivity index (χ3v) is 5.15. The van der Waals surface area contributed by atoms with Gasteiger partial charge in [0.15, 0.2) is 0 Å². The molecule has 0 bridgehead atoms. The van der Waals surface area contributed by atoms with Crippen molar-refractivity contribution < 1.29 is 28.8 Å². The van der Waals surface area contributed by atoms with Crippen molar-refractivity contribution in [3.05, 3.63) is 70.3 Å². The predicted molar refractivity (Wildman–Crippen MR) is 134 cm³/mol. The van der Waals surface area contributed by atoms with E-state index in [1.54, 1.807) is 12.1 Å². The van der Waals surface area contributed by atoms with Crippen LogP contribution in [0.4, 0.5) is 5.69 Å². The molecule has 198 valence electrons. The third kappa shape index (κ3) is 10.1. The first kappa shape index (κ1) is 28.9. The van der Waals surface area contributed by atoms with Crippen LogP contribution in [0.25, 0.3) is 0 Å². The fourth-order valence-corrected chi connectivity index (χ4v) is 3.37. The molecule has 0 spiro atoms. The van der Waals surface area contributed by atoms with Gasteiger partial charge < -0.3 is 26.4 Å². The average Bonchev–Trinajstić information content (AvgIpc) is 2.87. The molecule has 0 aliphatic rings. The highest BCUT2D eigenvalue weighted by Gasteiger charge is 2.27. The molecule has 5 N–H and O–H groups in total. The number of ether oxygens (including phenoxy) is 1. The van der Waals surface area contributed by atoms with E-state index >= 15 is 0 Å². The van der Waals surface area contributed by atoms with Crippen LogP contribution in [-0.4, -0.2) is 53.8 Å². The second-order valence-corrected chi connectivity index (χ2v) is 8.65. The largest absolute Gasteiger partial charge is 0.425 e. The number of carbonyl (C=O) groups excluding carboxylic acids is 4. The molecule has 37 heavy (non-hydrogen) atoms. The second kappa shape index (κ2) is 14.3. The van der Waals surface area contributed by atoms with Gasteiger partial charge in [-0.1, -0.05) is 44.2 Å². The molecule has 0 heterocycles. The van der Waals surface area contributed by atoms with Gasteiger partial charge in [-0.15, -0.1) is 0 Å². The molecule has 0 aromatic heterocycles. The van der Waals surface area contributed by atoms with Crippen LogP contribution < -0.4 is 26.4 Å². The lowest BCUT2D eigenvalue weighted by atomic mass is 10.0. The summed E-state index contributed by atoms with van der Waals surface area (Å²) in [6.45, 7) is 2.95. The minimum Gasteiger partial charge on any atom is -0.425 e. The molecular formula is C25H31N5O7. The maximum Gasteiger partial charge on any atom is 0.330 e. The van der Waals surface area contributed by atoms with Gasteiger partial charge in [0.1, 0.15) is 24.4 Å². The molecule has 0 radical (unpaired) electrons. The van der Waals surface area contributed by atoms with Crippen molar-refractivity contribution in [3.8, 4) is 5.75 Å². The van der Waals surface area contributed by atoms with Crippen LogP contribution in [0.5, 0.6) is 5.75 Å². The molecule has 0 saturated carbocycles. The van der Waals surface area contributed by atoms with E-state index in [9.17, 15) is 29.3 Å². The lowest BCUT2D eigenvalue weighted by Gasteiger charge is -2.24. The summed E-state index contributed by atoms with van der Waals surface area (Å²) < 4.78 is 5.08. The van der Waals surface area contributed by atoms with Crippen molar-refractivity contribution in [2.24, 2.45) is 11.7 Å². The number of benzene rings is 2. The summed E-state index contributed by atoms with van der Waals surface area (Å²) >= 11 is 0. The van der Waals surface area contributed by atoms with Gasteiger partial charge in [-0.25, -0.2) is 4.79 Å². The van der Waals surface area contributed by atoms with E-state index < -0.39 is 47.2 Å². The molecule has 12 heteroatoms. The highest BCUT2D eigenvalue weighted by atomic mass is 16.6. The Kier molecular flexibility index (Phi) is 11.2. The normalized spacial score (nSPS) is 12.2. The lowest BCUT2D eigenvalue weighted by molar-refractivity contribution is -0.384. The van der Waals surface area contributed by atoms with Gasteiger partial charge in [-0.3, -0.25) is 24.5 Å². The van der Waals surface area contributed by atoms with E-state index in [1.165, 1.54) is 24.3 Å². The lowest BCUT2D eigenvalue weighted by Crippen LogP contribution is -2.55. The van der Waals surface area contributed by atoms with E-state index in [4.69, 9.17) is 10.5 Å². The molecule has 0 aliphatic heterocycles. The molecule has 3 amide bonds. The van der Waals surface area contributed by atoms with Crippen molar-refractivity contribution in [2.75, 3.05) is 13.1 Å². The van der Waals surface area contributed by atoms with Crippen LogP contribution >= 0.6 is 0 Å². The van der Waals surface area contributed by atoms with Crippen molar-refractivity contribution in [1.29, 1.82) is 0 Å². The number of hydrogen-bond donors (Lipinski definition) is 4. The van der Waals surface area contributed by atoms with Crippen LogP contribution in [0.1, 0.15) is 25.8 Å². The summed E-state index contributed by atoms with van der Waals surface area (Å²) in [6.07, 6.45) is 0.466. The number of rotatable bonds is 13. The monoisotopic (exact) mass is 513 g/mol. The average molecular weight is 514 g/mol. The molecule has 0 fully saturated rings. The summed E-state index contributed by atoms with van der Waals surface area (Å²) in [5.74, 6) is -2.39. The van der Waals surface area contributed by atoms with Crippen LogP contribution in [0.2, 0.25) is 0 Å². The third-order valence-electron chi connectivity index (χ3n) is 5.15. The zero-order valence-corrected chi connectivity index (χ0v) is 20.6. The molecule has 0 unspecified atom stereocenters. The van der Waals surface area contributed by atoms with E-state index in [-0.39, 0.29) is 36.7 Å². The minimum atomic E-state index is -0.979. The summed E-state index contributed by atoms with van der Waals surface area (Å²) in [7, 11) is 0. The Morgan fingerprint density at radius 3 is 2.16 bits per heavy atom. The summed E-state index contributed by atoms with van der Waals surface area (Å²) in [6, 6.07) is 12.0. The first-order valence-electron chi connectivity index (χ1n) is 11.7. The first-order chi connectivity index (χ1) is 17.6. The molecule has 2 rings (SSSR count). The fourth-order valence-electron chi connectivity index (χ4n) is 3.37. The number of nitro benzene ring substituents is 1. The number of amides is 3. The predicted octanol–water partition coefficient (Wildman–Crippen LogP) is 0.834. The molecule has 2 aromatic rings. The second-order valence-electron chi connectivity index (χ2n) is 8.65. The van der Waals surface area contributed by atoms with Gasteiger partial charge in [-0.05, 0) is 30.0 Å². The number of non-ortho nitro benzene ring substituents is 1. The van der Waals surface area contributed by atoms with Gasteiger partial charge in [0.05, 0.1) is 11.5 Å². The van der Waals surface area contributed by atoms with Crippen molar-refractivity contribution in [2.45, 2.75) is 38.8 Å². The van der Waals surface area contributed by atoms with Crippen molar-refractivity contribution in [3.63, 3.8) is 0 Å². The maximum atomic E-state index is 13.1. The van der Waals surface area contributed by atoms with Crippen molar-refractivity contribution >= 4 is 29.4 Å². The number of carbonyl (C=O) groups is 4. The van der Waals surface area contributed by atoms with Gasteiger partial charge in [0, 0.05) is 18.6 Å². The highest BCUT2D eigenvalue weighted by molar-refractivity contribution is 5.93. The Hall–Kier alpha value is -4.32. The molecule has 12 nitrogen and oxygen atoms in total. The van der Waals surface area contributed by atoms with Crippen LogP contribution in [0.3, 0.4) is 0 Å². The Morgan fingerprint density at radius 1 is 0.946 bits per heavy atom.